The Morgan fingerprint density at radius 1 is 1.17 bits per heavy atom. The number of nitrogens with one attached hydrogen (secondary N) is 2. The molecule has 0 aliphatic heterocycles. The Labute approximate surface area is 137 Å². The van der Waals surface area contributed by atoms with Crippen molar-refractivity contribution in [2.75, 3.05) is 31.8 Å². The monoisotopic (exact) mass is 313 g/mol. The van der Waals surface area contributed by atoms with Crippen molar-refractivity contribution in [2.45, 2.75) is 20.4 Å². The predicted octanol–water partition coefficient (Wildman–Crippen LogP) is 2.45. The van der Waals surface area contributed by atoms with Gasteiger partial charge >= 0.3 is 0 Å². The Kier molecular flexibility index (Phi) is 5.28. The van der Waals surface area contributed by atoms with E-state index in [-0.39, 0.29) is 5.91 Å². The number of hydrogen-bond donors (Lipinski definition) is 2. The van der Waals surface area contributed by atoms with E-state index in [9.17, 15) is 4.79 Å². The quantitative estimate of drug-likeness (QED) is 0.887. The van der Waals surface area contributed by atoms with E-state index in [1.807, 2.05) is 40.1 Å². The van der Waals surface area contributed by atoms with Crippen molar-refractivity contribution in [3.63, 3.8) is 0 Å². The minimum atomic E-state index is -0.239. The number of amides is 1. The summed E-state index contributed by atoms with van der Waals surface area (Å²) in [5, 5.41) is 5.80. The highest BCUT2D eigenvalue weighted by atomic mass is 16.1. The molecule has 0 saturated heterocycles. The van der Waals surface area contributed by atoms with Crippen LogP contribution in [-0.4, -0.2) is 41.9 Å². The molecule has 0 saturated carbocycles. The van der Waals surface area contributed by atoms with Gasteiger partial charge in [-0.3, -0.25) is 4.79 Å². The number of carbonyl (C=O) groups is 1. The smallest absolute Gasteiger partial charge is 0.274 e. The molecule has 0 aliphatic carbocycles. The maximum absolute atomic E-state index is 12.5. The van der Waals surface area contributed by atoms with Crippen LogP contribution in [0.2, 0.25) is 0 Å². The molecule has 0 aliphatic rings. The fourth-order valence-electron chi connectivity index (χ4n) is 2.25. The van der Waals surface area contributed by atoms with E-state index in [0.29, 0.717) is 11.6 Å². The lowest BCUT2D eigenvalue weighted by Gasteiger charge is -2.14. The van der Waals surface area contributed by atoms with Gasteiger partial charge < -0.3 is 15.5 Å². The van der Waals surface area contributed by atoms with E-state index < -0.39 is 0 Å². The third-order valence-corrected chi connectivity index (χ3v) is 3.36. The third kappa shape index (κ3) is 4.50. The number of benzene rings is 1. The third-order valence-electron chi connectivity index (χ3n) is 3.36. The van der Waals surface area contributed by atoms with E-state index in [1.54, 1.807) is 13.1 Å². The zero-order chi connectivity index (χ0) is 17.0. The predicted molar refractivity (Wildman–Crippen MR) is 92.8 cm³/mol. The standard InChI is InChI=1S/C17H23N5O/c1-11-6-7-13(10-22(4)5)9-14(11)20-16(23)15-8-12(2)19-17(18-3)21-15/h6-9H,10H2,1-5H3,(H,20,23)(H,18,19,21). The topological polar surface area (TPSA) is 70.2 Å². The molecule has 0 atom stereocenters. The normalized spacial score (nSPS) is 10.7. The van der Waals surface area contributed by atoms with Crippen LogP contribution < -0.4 is 10.6 Å². The van der Waals surface area contributed by atoms with Crippen molar-refractivity contribution in [3.8, 4) is 0 Å². The van der Waals surface area contributed by atoms with E-state index in [0.717, 1.165) is 29.1 Å². The van der Waals surface area contributed by atoms with Gasteiger partial charge in [0.25, 0.3) is 5.91 Å². The van der Waals surface area contributed by atoms with Crippen molar-refractivity contribution in [1.29, 1.82) is 0 Å². The Bertz CT molecular complexity index is 712. The molecule has 23 heavy (non-hydrogen) atoms. The van der Waals surface area contributed by atoms with Gasteiger partial charge in [-0.1, -0.05) is 12.1 Å². The lowest BCUT2D eigenvalue weighted by atomic mass is 10.1. The first-order valence-electron chi connectivity index (χ1n) is 7.48. The number of anilines is 2. The molecule has 2 rings (SSSR count). The van der Waals surface area contributed by atoms with Crippen LogP contribution in [0.4, 0.5) is 11.6 Å². The van der Waals surface area contributed by atoms with Crippen LogP contribution in [0.3, 0.4) is 0 Å². The van der Waals surface area contributed by atoms with E-state index in [4.69, 9.17) is 0 Å². The van der Waals surface area contributed by atoms with Crippen LogP contribution in [0.5, 0.6) is 0 Å². The second kappa shape index (κ2) is 7.19. The molecule has 122 valence electrons. The fraction of sp³-hybridized carbons (Fsp3) is 0.353. The van der Waals surface area contributed by atoms with Crippen LogP contribution in [0.15, 0.2) is 24.3 Å². The lowest BCUT2D eigenvalue weighted by Crippen LogP contribution is -2.17. The molecular weight excluding hydrogens is 290 g/mol. The minimum absolute atomic E-state index is 0.239. The first-order valence-corrected chi connectivity index (χ1v) is 7.48. The zero-order valence-electron chi connectivity index (χ0n) is 14.3. The number of carbonyl (C=O) groups excluding carboxylic acids is 1. The zero-order valence-corrected chi connectivity index (χ0v) is 14.3. The average Bonchev–Trinajstić information content (AvgIpc) is 2.49. The summed E-state index contributed by atoms with van der Waals surface area (Å²) in [5.41, 5.74) is 4.05. The maximum Gasteiger partial charge on any atom is 0.274 e. The highest BCUT2D eigenvalue weighted by molar-refractivity contribution is 6.03. The molecule has 0 spiro atoms. The fourth-order valence-corrected chi connectivity index (χ4v) is 2.25. The largest absolute Gasteiger partial charge is 0.357 e. The first kappa shape index (κ1) is 16.9. The van der Waals surface area contributed by atoms with Gasteiger partial charge in [-0.15, -0.1) is 0 Å². The molecule has 1 amide bonds. The van der Waals surface area contributed by atoms with Crippen molar-refractivity contribution < 1.29 is 4.79 Å². The van der Waals surface area contributed by atoms with Gasteiger partial charge in [-0.25, -0.2) is 9.97 Å². The van der Waals surface area contributed by atoms with Gasteiger partial charge in [0.2, 0.25) is 5.95 Å². The van der Waals surface area contributed by atoms with Crippen molar-refractivity contribution >= 4 is 17.5 Å². The van der Waals surface area contributed by atoms with E-state index in [2.05, 4.69) is 31.6 Å². The van der Waals surface area contributed by atoms with Crippen LogP contribution in [0.25, 0.3) is 0 Å². The SMILES string of the molecule is CNc1nc(C)cc(C(=O)Nc2cc(CN(C)C)ccc2C)n1. The van der Waals surface area contributed by atoms with Gasteiger partial charge in [-0.05, 0) is 51.2 Å². The van der Waals surface area contributed by atoms with Gasteiger partial charge in [0.05, 0.1) is 0 Å². The summed E-state index contributed by atoms with van der Waals surface area (Å²) in [6, 6.07) is 7.76. The molecule has 0 fully saturated rings. The van der Waals surface area contributed by atoms with Gasteiger partial charge in [0, 0.05) is 25.0 Å². The summed E-state index contributed by atoms with van der Waals surface area (Å²) in [6.07, 6.45) is 0. The molecule has 6 nitrogen and oxygen atoms in total. The molecule has 2 aromatic rings. The highest BCUT2D eigenvalue weighted by Gasteiger charge is 2.12. The summed E-state index contributed by atoms with van der Waals surface area (Å²) in [5.74, 6) is 0.199. The molecule has 1 aromatic carbocycles. The molecule has 2 N–H and O–H groups in total. The molecule has 0 bridgehead atoms. The van der Waals surface area contributed by atoms with Gasteiger partial charge in [0.1, 0.15) is 5.69 Å². The van der Waals surface area contributed by atoms with E-state index >= 15 is 0 Å². The van der Waals surface area contributed by atoms with Crippen LogP contribution >= 0.6 is 0 Å². The first-order chi connectivity index (χ1) is 10.9. The lowest BCUT2D eigenvalue weighted by molar-refractivity contribution is 0.102. The number of aromatic nitrogens is 2. The second-order valence-corrected chi connectivity index (χ2v) is 5.81. The number of aryl methyl sites for hydroxylation is 2. The molecule has 0 radical (unpaired) electrons. The van der Waals surface area contributed by atoms with Crippen LogP contribution in [0.1, 0.15) is 27.3 Å². The second-order valence-electron chi connectivity index (χ2n) is 5.81. The summed E-state index contributed by atoms with van der Waals surface area (Å²) < 4.78 is 0. The van der Waals surface area contributed by atoms with Crippen LogP contribution in [-0.2, 0) is 6.54 Å². The van der Waals surface area contributed by atoms with Crippen molar-refractivity contribution in [2.24, 2.45) is 0 Å². The Hall–Kier alpha value is -2.47. The molecule has 0 unspecified atom stereocenters. The van der Waals surface area contributed by atoms with E-state index in [1.165, 1.54) is 0 Å². The molecule has 1 heterocycles. The van der Waals surface area contributed by atoms with Crippen LogP contribution in [0, 0.1) is 13.8 Å². The Balaban J connectivity index is 2.24. The molecular formula is C17H23N5O. The number of nitrogens with zero attached hydrogens (tertiary/aromatic N) is 3. The molecule has 1 aromatic heterocycles. The average molecular weight is 313 g/mol. The summed E-state index contributed by atoms with van der Waals surface area (Å²) in [6.45, 7) is 4.63. The Morgan fingerprint density at radius 2 is 1.91 bits per heavy atom. The maximum atomic E-state index is 12.5. The number of rotatable bonds is 5. The highest BCUT2D eigenvalue weighted by Crippen LogP contribution is 2.19. The van der Waals surface area contributed by atoms with Crippen molar-refractivity contribution in [3.05, 3.63) is 46.8 Å². The summed E-state index contributed by atoms with van der Waals surface area (Å²) in [4.78, 5) is 23.0. The van der Waals surface area contributed by atoms with Crippen molar-refractivity contribution in [1.82, 2.24) is 14.9 Å². The van der Waals surface area contributed by atoms with Gasteiger partial charge in [0.15, 0.2) is 0 Å². The molecule has 6 heteroatoms. The Morgan fingerprint density at radius 3 is 2.57 bits per heavy atom. The summed E-state index contributed by atoms with van der Waals surface area (Å²) in [7, 11) is 5.76. The summed E-state index contributed by atoms with van der Waals surface area (Å²) >= 11 is 0. The minimum Gasteiger partial charge on any atom is -0.357 e. The number of hydrogen-bond acceptors (Lipinski definition) is 5. The van der Waals surface area contributed by atoms with Gasteiger partial charge in [-0.2, -0.15) is 0 Å².